The van der Waals surface area contributed by atoms with E-state index in [1.54, 1.807) is 6.07 Å². The van der Waals surface area contributed by atoms with Crippen molar-refractivity contribution < 1.29 is 18.3 Å². The molecule has 0 radical (unpaired) electrons. The highest BCUT2D eigenvalue weighted by Crippen LogP contribution is 2.46. The van der Waals surface area contributed by atoms with Crippen LogP contribution in [0.15, 0.2) is 18.2 Å². The molecule has 2 rings (SSSR count). The molecule has 2 nitrogen and oxygen atoms in total. The van der Waals surface area contributed by atoms with Gasteiger partial charge in [-0.05, 0) is 48.8 Å². The van der Waals surface area contributed by atoms with Crippen LogP contribution in [0, 0.1) is 23.5 Å². The predicted molar refractivity (Wildman–Crippen MR) is 67.6 cm³/mol. The first-order valence-electron chi connectivity index (χ1n) is 6.59. The zero-order chi connectivity index (χ0) is 14.0. The van der Waals surface area contributed by atoms with Gasteiger partial charge < -0.3 is 4.74 Å². The minimum atomic E-state index is -0.822. The second-order valence-electron chi connectivity index (χ2n) is 5.14. The van der Waals surface area contributed by atoms with E-state index in [0.717, 1.165) is 30.9 Å². The Morgan fingerprint density at radius 2 is 2.16 bits per heavy atom. The van der Waals surface area contributed by atoms with E-state index < -0.39 is 11.6 Å². The molecule has 1 saturated carbocycles. The molecule has 1 aliphatic carbocycles. The van der Waals surface area contributed by atoms with E-state index in [1.165, 1.54) is 13.2 Å². The number of carbonyl (C=O) groups is 1. The fourth-order valence-corrected chi connectivity index (χ4v) is 2.62. The summed E-state index contributed by atoms with van der Waals surface area (Å²) in [7, 11) is 1.39. The van der Waals surface area contributed by atoms with Gasteiger partial charge in [-0.25, -0.2) is 8.78 Å². The van der Waals surface area contributed by atoms with E-state index in [0.29, 0.717) is 5.92 Å². The van der Waals surface area contributed by atoms with Gasteiger partial charge in [-0.3, -0.25) is 4.79 Å². The second kappa shape index (κ2) is 5.68. The zero-order valence-electron chi connectivity index (χ0n) is 11.2. The SMILES string of the molecule is CCC(CC1CC1C(=O)OC)c1ccc(F)c(F)c1. The van der Waals surface area contributed by atoms with E-state index in [4.69, 9.17) is 4.74 Å². The number of benzene rings is 1. The van der Waals surface area contributed by atoms with Gasteiger partial charge in [0.15, 0.2) is 11.6 Å². The van der Waals surface area contributed by atoms with Gasteiger partial charge in [-0.2, -0.15) is 0 Å². The topological polar surface area (TPSA) is 26.3 Å². The summed E-state index contributed by atoms with van der Waals surface area (Å²) in [6.45, 7) is 2.02. The average Bonchev–Trinajstić information content (AvgIpc) is 3.17. The molecule has 0 bridgehead atoms. The Hall–Kier alpha value is -1.45. The molecule has 3 unspecified atom stereocenters. The molecule has 1 aliphatic rings. The molecule has 0 aliphatic heterocycles. The molecule has 4 heteroatoms. The van der Waals surface area contributed by atoms with Crippen LogP contribution >= 0.6 is 0 Å². The van der Waals surface area contributed by atoms with Crippen molar-refractivity contribution in [1.29, 1.82) is 0 Å². The van der Waals surface area contributed by atoms with Crippen molar-refractivity contribution in [1.82, 2.24) is 0 Å². The third-order valence-corrected chi connectivity index (χ3v) is 3.92. The van der Waals surface area contributed by atoms with Gasteiger partial charge in [0.25, 0.3) is 0 Å². The summed E-state index contributed by atoms with van der Waals surface area (Å²) in [6.07, 6.45) is 2.50. The van der Waals surface area contributed by atoms with E-state index >= 15 is 0 Å². The molecule has 0 N–H and O–H groups in total. The van der Waals surface area contributed by atoms with Crippen molar-refractivity contribution in [2.75, 3.05) is 7.11 Å². The number of esters is 1. The molecule has 104 valence electrons. The Morgan fingerprint density at radius 3 is 2.74 bits per heavy atom. The first kappa shape index (κ1) is 14.0. The molecule has 0 amide bonds. The van der Waals surface area contributed by atoms with Crippen LogP contribution < -0.4 is 0 Å². The van der Waals surface area contributed by atoms with Crippen molar-refractivity contribution in [3.8, 4) is 0 Å². The number of hydrogen-bond donors (Lipinski definition) is 0. The summed E-state index contributed by atoms with van der Waals surface area (Å²) in [5.74, 6) is -1.33. The number of methoxy groups -OCH3 is 1. The molecule has 0 heterocycles. The number of carbonyl (C=O) groups excluding carboxylic acids is 1. The van der Waals surface area contributed by atoms with E-state index in [2.05, 4.69) is 0 Å². The van der Waals surface area contributed by atoms with Gasteiger partial charge in [0.1, 0.15) is 0 Å². The van der Waals surface area contributed by atoms with Gasteiger partial charge in [0.05, 0.1) is 13.0 Å². The van der Waals surface area contributed by atoms with Gasteiger partial charge >= 0.3 is 5.97 Å². The summed E-state index contributed by atoms with van der Waals surface area (Å²) < 4.78 is 30.9. The minimum Gasteiger partial charge on any atom is -0.469 e. The molecule has 19 heavy (non-hydrogen) atoms. The normalized spacial score (nSPS) is 22.9. The second-order valence-corrected chi connectivity index (χ2v) is 5.14. The summed E-state index contributed by atoms with van der Waals surface area (Å²) >= 11 is 0. The molecular weight excluding hydrogens is 250 g/mol. The van der Waals surface area contributed by atoms with Crippen LogP contribution in [0.3, 0.4) is 0 Å². The van der Waals surface area contributed by atoms with Crippen LogP contribution in [0.4, 0.5) is 8.78 Å². The quantitative estimate of drug-likeness (QED) is 0.762. The lowest BCUT2D eigenvalue weighted by molar-refractivity contribution is -0.142. The molecule has 1 fully saturated rings. The maximum atomic E-state index is 13.2. The van der Waals surface area contributed by atoms with Gasteiger partial charge in [-0.1, -0.05) is 13.0 Å². The third-order valence-electron chi connectivity index (χ3n) is 3.92. The highest BCUT2D eigenvalue weighted by Gasteiger charge is 2.44. The fraction of sp³-hybridized carbons (Fsp3) is 0.533. The number of rotatable bonds is 5. The maximum Gasteiger partial charge on any atom is 0.308 e. The first-order valence-corrected chi connectivity index (χ1v) is 6.59. The Kier molecular flexibility index (Phi) is 4.17. The van der Waals surface area contributed by atoms with Gasteiger partial charge in [-0.15, -0.1) is 0 Å². The summed E-state index contributed by atoms with van der Waals surface area (Å²) in [6, 6.07) is 4.05. The summed E-state index contributed by atoms with van der Waals surface area (Å²) in [4.78, 5) is 11.4. The van der Waals surface area contributed by atoms with Crippen molar-refractivity contribution in [3.05, 3.63) is 35.4 Å². The largest absolute Gasteiger partial charge is 0.469 e. The van der Waals surface area contributed by atoms with Crippen LogP contribution in [0.2, 0.25) is 0 Å². The van der Waals surface area contributed by atoms with Gasteiger partial charge in [0.2, 0.25) is 0 Å². The maximum absolute atomic E-state index is 13.2. The molecule has 1 aromatic rings. The van der Waals surface area contributed by atoms with Crippen molar-refractivity contribution in [3.63, 3.8) is 0 Å². The van der Waals surface area contributed by atoms with E-state index in [-0.39, 0.29) is 17.8 Å². The fourth-order valence-electron chi connectivity index (χ4n) is 2.62. The smallest absolute Gasteiger partial charge is 0.308 e. The van der Waals surface area contributed by atoms with Crippen molar-refractivity contribution >= 4 is 5.97 Å². The molecule has 3 atom stereocenters. The monoisotopic (exact) mass is 268 g/mol. The van der Waals surface area contributed by atoms with Gasteiger partial charge in [0, 0.05) is 0 Å². The van der Waals surface area contributed by atoms with Crippen LogP contribution in [-0.4, -0.2) is 13.1 Å². The number of hydrogen-bond acceptors (Lipinski definition) is 2. The lowest BCUT2D eigenvalue weighted by Gasteiger charge is -2.15. The Bertz CT molecular complexity index is 473. The lowest BCUT2D eigenvalue weighted by Crippen LogP contribution is -2.07. The highest BCUT2D eigenvalue weighted by molar-refractivity contribution is 5.75. The van der Waals surface area contributed by atoms with Crippen molar-refractivity contribution in [2.45, 2.75) is 32.1 Å². The number of halogens is 2. The standard InChI is InChI=1S/C15H18F2O2/c1-3-9(6-11-7-12(11)15(18)19-2)10-4-5-13(16)14(17)8-10/h4-5,8-9,11-12H,3,6-7H2,1-2H3. The van der Waals surface area contributed by atoms with E-state index in [9.17, 15) is 13.6 Å². The predicted octanol–water partition coefficient (Wildman–Crippen LogP) is 3.66. The average molecular weight is 268 g/mol. The van der Waals surface area contributed by atoms with Crippen LogP contribution in [-0.2, 0) is 9.53 Å². The highest BCUT2D eigenvalue weighted by atomic mass is 19.2. The van der Waals surface area contributed by atoms with Crippen LogP contribution in [0.5, 0.6) is 0 Å². The zero-order valence-corrected chi connectivity index (χ0v) is 11.2. The number of ether oxygens (including phenoxy) is 1. The first-order chi connectivity index (χ1) is 9.06. The summed E-state index contributed by atoms with van der Waals surface area (Å²) in [5, 5.41) is 0. The molecule has 0 saturated heterocycles. The van der Waals surface area contributed by atoms with Crippen LogP contribution in [0.1, 0.15) is 37.7 Å². The van der Waals surface area contributed by atoms with Crippen molar-refractivity contribution in [2.24, 2.45) is 11.8 Å². The molecule has 0 spiro atoms. The molecular formula is C15H18F2O2. The Labute approximate surface area is 111 Å². The molecule has 0 aromatic heterocycles. The lowest BCUT2D eigenvalue weighted by atomic mass is 9.90. The third kappa shape index (κ3) is 3.11. The molecule has 1 aromatic carbocycles. The Balaban J connectivity index is 2.01. The van der Waals surface area contributed by atoms with E-state index in [1.807, 2.05) is 6.92 Å². The van der Waals surface area contributed by atoms with Crippen LogP contribution in [0.25, 0.3) is 0 Å². The Morgan fingerprint density at radius 1 is 1.42 bits per heavy atom. The summed E-state index contributed by atoms with van der Waals surface area (Å²) in [5.41, 5.74) is 0.803. The minimum absolute atomic E-state index is 0.00987.